The van der Waals surface area contributed by atoms with E-state index in [4.69, 9.17) is 4.74 Å². The van der Waals surface area contributed by atoms with Crippen molar-refractivity contribution in [1.82, 2.24) is 10.2 Å². The maximum atomic E-state index is 12.8. The number of carbonyl (C=O) groups is 2. The highest BCUT2D eigenvalue weighted by atomic mass is 16.6. The van der Waals surface area contributed by atoms with E-state index in [0.717, 1.165) is 19.3 Å². The summed E-state index contributed by atoms with van der Waals surface area (Å²) in [5.41, 5.74) is 3.87. The summed E-state index contributed by atoms with van der Waals surface area (Å²) in [7, 11) is 1.94. The zero-order valence-electron chi connectivity index (χ0n) is 15.9. The van der Waals surface area contributed by atoms with Crippen LogP contribution in [0.5, 0.6) is 0 Å². The van der Waals surface area contributed by atoms with Crippen LogP contribution in [0.1, 0.15) is 55.2 Å². The Balaban J connectivity index is 1.31. The van der Waals surface area contributed by atoms with Crippen molar-refractivity contribution in [2.75, 3.05) is 13.7 Å². The van der Waals surface area contributed by atoms with Crippen LogP contribution in [-0.2, 0) is 16.0 Å². The van der Waals surface area contributed by atoms with Crippen molar-refractivity contribution in [3.63, 3.8) is 0 Å². The van der Waals surface area contributed by atoms with Gasteiger partial charge in [0.2, 0.25) is 5.91 Å². The second-order valence-corrected chi connectivity index (χ2v) is 8.46. The fourth-order valence-corrected chi connectivity index (χ4v) is 4.75. The first kappa shape index (κ1) is 17.4. The summed E-state index contributed by atoms with van der Waals surface area (Å²) in [6.45, 7) is 4.75. The molecule has 1 aromatic carbocycles. The number of amides is 2. The van der Waals surface area contributed by atoms with Gasteiger partial charge >= 0.3 is 6.09 Å². The Morgan fingerprint density at radius 3 is 2.65 bits per heavy atom. The molecule has 0 aromatic heterocycles. The van der Waals surface area contributed by atoms with Gasteiger partial charge in [0, 0.05) is 19.0 Å². The van der Waals surface area contributed by atoms with Crippen LogP contribution < -0.4 is 5.32 Å². The molecule has 5 nitrogen and oxygen atoms in total. The van der Waals surface area contributed by atoms with Gasteiger partial charge in [0.25, 0.3) is 0 Å². The second kappa shape index (κ2) is 6.29. The van der Waals surface area contributed by atoms with E-state index in [0.29, 0.717) is 31.4 Å². The van der Waals surface area contributed by atoms with Gasteiger partial charge in [-0.2, -0.15) is 0 Å². The molecular weight excluding hydrogens is 328 g/mol. The van der Waals surface area contributed by atoms with Gasteiger partial charge in [-0.3, -0.25) is 4.79 Å². The van der Waals surface area contributed by atoms with Crippen LogP contribution in [0.15, 0.2) is 18.2 Å². The van der Waals surface area contributed by atoms with Gasteiger partial charge in [0.05, 0.1) is 5.54 Å². The largest absolute Gasteiger partial charge is 0.447 e. The summed E-state index contributed by atoms with van der Waals surface area (Å²) in [6.07, 6.45) is 4.22. The molecule has 1 spiro atoms. The topological polar surface area (TPSA) is 58.6 Å². The number of rotatable bonds is 4. The molecule has 5 heteroatoms. The van der Waals surface area contributed by atoms with E-state index in [1.165, 1.54) is 16.7 Å². The Morgan fingerprint density at radius 2 is 2.04 bits per heavy atom. The molecule has 0 atom stereocenters. The predicted octanol–water partition coefficient (Wildman–Crippen LogP) is 3.15. The van der Waals surface area contributed by atoms with E-state index < -0.39 is 0 Å². The maximum absolute atomic E-state index is 12.8. The van der Waals surface area contributed by atoms with E-state index in [-0.39, 0.29) is 23.5 Å². The van der Waals surface area contributed by atoms with Crippen molar-refractivity contribution in [2.24, 2.45) is 5.92 Å². The van der Waals surface area contributed by atoms with Crippen molar-refractivity contribution in [2.45, 2.75) is 63.5 Å². The zero-order chi connectivity index (χ0) is 18.5. The predicted molar refractivity (Wildman–Crippen MR) is 99.0 cm³/mol. The minimum absolute atomic E-state index is 0.0201. The summed E-state index contributed by atoms with van der Waals surface area (Å²) >= 11 is 0. The third-order valence-corrected chi connectivity index (χ3v) is 6.52. The minimum Gasteiger partial charge on any atom is -0.447 e. The van der Waals surface area contributed by atoms with Crippen molar-refractivity contribution < 1.29 is 14.3 Å². The number of cyclic esters (lactones) is 1. The SMILES string of the molecule is CCc1cc(C)cc(C2CC(N(C)C(=O)C3CC4(COC(=O)N4)C3)C2)c1. The first-order valence-corrected chi connectivity index (χ1v) is 9.71. The fourth-order valence-electron chi connectivity index (χ4n) is 4.75. The lowest BCUT2D eigenvalue weighted by Crippen LogP contribution is -2.59. The quantitative estimate of drug-likeness (QED) is 0.902. The van der Waals surface area contributed by atoms with E-state index >= 15 is 0 Å². The molecule has 140 valence electrons. The Hall–Kier alpha value is -2.04. The first-order valence-electron chi connectivity index (χ1n) is 9.71. The van der Waals surface area contributed by atoms with Crippen LogP contribution in [0.2, 0.25) is 0 Å². The fraction of sp³-hybridized carbons (Fsp3) is 0.619. The molecular formula is C21H28N2O3. The Kier molecular flexibility index (Phi) is 4.20. The average molecular weight is 356 g/mol. The maximum Gasteiger partial charge on any atom is 0.407 e. The van der Waals surface area contributed by atoms with Crippen molar-refractivity contribution in [1.29, 1.82) is 0 Å². The van der Waals surface area contributed by atoms with Crippen LogP contribution in [0.4, 0.5) is 4.79 Å². The molecule has 0 unspecified atom stereocenters. The average Bonchev–Trinajstić information content (AvgIpc) is 2.93. The molecule has 26 heavy (non-hydrogen) atoms. The smallest absolute Gasteiger partial charge is 0.407 e. The summed E-state index contributed by atoms with van der Waals surface area (Å²) in [5, 5.41) is 2.86. The van der Waals surface area contributed by atoms with Gasteiger partial charge in [-0.15, -0.1) is 0 Å². The molecule has 1 aliphatic heterocycles. The van der Waals surface area contributed by atoms with Crippen LogP contribution in [0, 0.1) is 12.8 Å². The summed E-state index contributed by atoms with van der Waals surface area (Å²) in [6, 6.07) is 7.21. The van der Waals surface area contributed by atoms with Crippen LogP contribution in [-0.4, -0.2) is 42.1 Å². The lowest BCUT2D eigenvalue weighted by Gasteiger charge is -2.47. The Morgan fingerprint density at radius 1 is 1.31 bits per heavy atom. The third-order valence-electron chi connectivity index (χ3n) is 6.52. The van der Waals surface area contributed by atoms with Gasteiger partial charge in [-0.05, 0) is 56.1 Å². The van der Waals surface area contributed by atoms with Gasteiger partial charge in [0.15, 0.2) is 0 Å². The summed E-state index contributed by atoms with van der Waals surface area (Å²) in [5.74, 6) is 0.807. The van der Waals surface area contributed by atoms with Crippen molar-refractivity contribution in [3.05, 3.63) is 34.9 Å². The standard InChI is InChI=1S/C21H28N2O3/c1-4-14-5-13(2)6-15(7-14)16-8-18(9-16)23(3)19(24)17-10-21(11-17)12-26-20(25)22-21/h5-7,16-18H,4,8-12H2,1-3H3,(H,22,25). The van der Waals surface area contributed by atoms with Gasteiger partial charge in [-0.1, -0.05) is 30.7 Å². The molecule has 1 saturated heterocycles. The monoisotopic (exact) mass is 356 g/mol. The Bertz CT molecular complexity index is 733. The van der Waals surface area contributed by atoms with Gasteiger partial charge < -0.3 is 15.0 Å². The highest BCUT2D eigenvalue weighted by Gasteiger charge is 2.53. The summed E-state index contributed by atoms with van der Waals surface area (Å²) < 4.78 is 5.00. The highest BCUT2D eigenvalue weighted by Crippen LogP contribution is 2.44. The molecule has 4 rings (SSSR count). The molecule has 2 aliphatic carbocycles. The molecule has 1 N–H and O–H groups in total. The van der Waals surface area contributed by atoms with E-state index in [1.807, 2.05) is 11.9 Å². The van der Waals surface area contributed by atoms with Crippen LogP contribution >= 0.6 is 0 Å². The number of hydrogen-bond acceptors (Lipinski definition) is 3. The molecule has 2 saturated carbocycles. The molecule has 2 amide bonds. The number of alkyl carbamates (subject to hydrolysis) is 1. The molecule has 3 fully saturated rings. The van der Waals surface area contributed by atoms with Crippen LogP contribution in [0.25, 0.3) is 0 Å². The number of hydrogen-bond donors (Lipinski definition) is 1. The number of benzene rings is 1. The van der Waals surface area contributed by atoms with Crippen LogP contribution in [0.3, 0.4) is 0 Å². The third kappa shape index (κ3) is 2.97. The van der Waals surface area contributed by atoms with Gasteiger partial charge in [0.1, 0.15) is 6.61 Å². The number of aryl methyl sites for hydroxylation is 2. The second-order valence-electron chi connectivity index (χ2n) is 8.46. The van der Waals surface area contributed by atoms with E-state index in [1.54, 1.807) is 0 Å². The lowest BCUT2D eigenvalue weighted by molar-refractivity contribution is -0.143. The molecule has 1 heterocycles. The Labute approximate surface area is 155 Å². The highest BCUT2D eigenvalue weighted by molar-refractivity contribution is 5.81. The molecule has 0 bridgehead atoms. The normalized spacial score (nSPS) is 32.4. The first-order chi connectivity index (χ1) is 12.4. The number of carbonyl (C=O) groups excluding carboxylic acids is 2. The van der Waals surface area contributed by atoms with E-state index in [2.05, 4.69) is 37.4 Å². The zero-order valence-corrected chi connectivity index (χ0v) is 15.9. The van der Waals surface area contributed by atoms with E-state index in [9.17, 15) is 9.59 Å². The molecule has 3 aliphatic rings. The minimum atomic E-state index is -0.351. The molecule has 0 radical (unpaired) electrons. The number of nitrogens with zero attached hydrogens (tertiary/aromatic N) is 1. The van der Waals surface area contributed by atoms with Crippen molar-refractivity contribution >= 4 is 12.0 Å². The lowest BCUT2D eigenvalue weighted by atomic mass is 9.67. The van der Waals surface area contributed by atoms with Gasteiger partial charge in [-0.25, -0.2) is 4.79 Å². The van der Waals surface area contributed by atoms with Crippen molar-refractivity contribution in [3.8, 4) is 0 Å². The number of ether oxygens (including phenoxy) is 1. The number of nitrogens with one attached hydrogen (secondary N) is 1. The summed E-state index contributed by atoms with van der Waals surface area (Å²) in [4.78, 5) is 25.9. The molecule has 1 aromatic rings.